The van der Waals surface area contributed by atoms with Crippen LogP contribution in [0.4, 0.5) is 5.82 Å². The van der Waals surface area contributed by atoms with Crippen LogP contribution in [0.15, 0.2) is 12.1 Å². The molecule has 0 aromatic carbocycles. The van der Waals surface area contributed by atoms with Gasteiger partial charge in [0.1, 0.15) is 5.82 Å². The molecule has 4 rings (SSSR count). The summed E-state index contributed by atoms with van der Waals surface area (Å²) in [5.74, 6) is 1.64. The van der Waals surface area contributed by atoms with Crippen molar-refractivity contribution in [1.29, 1.82) is 0 Å². The molecule has 1 unspecified atom stereocenters. The highest BCUT2D eigenvalue weighted by molar-refractivity contribution is 5.80. The fraction of sp³-hybridized carbons (Fsp3) is 0.667. The van der Waals surface area contributed by atoms with Crippen molar-refractivity contribution >= 4 is 17.7 Å². The number of hydrogen-bond acceptors (Lipinski definition) is 5. The molecule has 1 atom stereocenters. The second-order valence-electron chi connectivity index (χ2n) is 8.76. The standard InChI is InChI=1S/C21H30N4O3/c1-14-8-16-2-3-18(23-20(16)22-10-14)9-15-4-6-25(7-5-15)21(28)17-11-24(12-17)13-19(26)27/h2-3,14-15,17H,4-13H2,1H3,(H,22,23)(H,26,27). The van der Waals surface area contributed by atoms with Crippen LogP contribution in [0, 0.1) is 17.8 Å². The molecular formula is C21H30N4O3. The molecular weight excluding hydrogens is 356 g/mol. The molecule has 1 aromatic rings. The van der Waals surface area contributed by atoms with Crippen molar-refractivity contribution in [2.45, 2.75) is 32.6 Å². The van der Waals surface area contributed by atoms with Gasteiger partial charge in [-0.2, -0.15) is 0 Å². The van der Waals surface area contributed by atoms with Crippen LogP contribution >= 0.6 is 0 Å². The molecule has 2 saturated heterocycles. The predicted octanol–water partition coefficient (Wildman–Crippen LogP) is 1.48. The third-order valence-corrected chi connectivity index (χ3v) is 6.31. The largest absolute Gasteiger partial charge is 0.480 e. The number of amides is 1. The summed E-state index contributed by atoms with van der Waals surface area (Å²) >= 11 is 0. The van der Waals surface area contributed by atoms with Gasteiger partial charge in [0.15, 0.2) is 0 Å². The number of nitrogens with zero attached hydrogens (tertiary/aromatic N) is 3. The number of carboxylic acid groups (broad SMARTS) is 1. The fourth-order valence-electron chi connectivity index (χ4n) is 4.64. The Hall–Kier alpha value is -2.15. The van der Waals surface area contributed by atoms with Gasteiger partial charge in [0.25, 0.3) is 0 Å². The number of carbonyl (C=O) groups is 2. The molecule has 1 aromatic heterocycles. The summed E-state index contributed by atoms with van der Waals surface area (Å²) in [6.07, 6.45) is 4.10. The molecule has 2 N–H and O–H groups in total. The van der Waals surface area contributed by atoms with Crippen LogP contribution in [0.2, 0.25) is 0 Å². The second-order valence-corrected chi connectivity index (χ2v) is 8.76. The lowest BCUT2D eigenvalue weighted by Crippen LogP contribution is -2.56. The zero-order chi connectivity index (χ0) is 19.7. The number of carbonyl (C=O) groups excluding carboxylic acids is 1. The van der Waals surface area contributed by atoms with Gasteiger partial charge < -0.3 is 15.3 Å². The van der Waals surface area contributed by atoms with E-state index < -0.39 is 5.97 Å². The van der Waals surface area contributed by atoms with Crippen LogP contribution in [0.25, 0.3) is 0 Å². The molecule has 0 bridgehead atoms. The van der Waals surface area contributed by atoms with Crippen molar-refractivity contribution in [2.24, 2.45) is 17.8 Å². The molecule has 1 amide bonds. The van der Waals surface area contributed by atoms with Crippen LogP contribution in [0.5, 0.6) is 0 Å². The molecule has 0 radical (unpaired) electrons. The first-order chi connectivity index (χ1) is 13.5. The highest BCUT2D eigenvalue weighted by Crippen LogP contribution is 2.27. The van der Waals surface area contributed by atoms with Crippen molar-refractivity contribution in [2.75, 3.05) is 44.6 Å². The lowest BCUT2D eigenvalue weighted by Gasteiger charge is -2.41. The molecule has 7 heteroatoms. The second kappa shape index (κ2) is 8.07. The van der Waals surface area contributed by atoms with Crippen molar-refractivity contribution in [1.82, 2.24) is 14.8 Å². The molecule has 0 aliphatic carbocycles. The van der Waals surface area contributed by atoms with Gasteiger partial charge in [-0.15, -0.1) is 0 Å². The lowest BCUT2D eigenvalue weighted by atomic mass is 9.90. The Bertz CT molecular complexity index is 739. The number of fused-ring (bicyclic) bond motifs is 1. The number of nitrogens with one attached hydrogen (secondary N) is 1. The summed E-state index contributed by atoms with van der Waals surface area (Å²) in [6.45, 7) is 6.05. The predicted molar refractivity (Wildman–Crippen MR) is 106 cm³/mol. The summed E-state index contributed by atoms with van der Waals surface area (Å²) in [6, 6.07) is 4.39. The van der Waals surface area contributed by atoms with Gasteiger partial charge in [-0.05, 0) is 49.1 Å². The maximum atomic E-state index is 12.6. The Balaban J connectivity index is 1.24. The van der Waals surface area contributed by atoms with Crippen molar-refractivity contribution in [3.8, 4) is 0 Å². The molecule has 0 saturated carbocycles. The highest BCUT2D eigenvalue weighted by atomic mass is 16.4. The number of carboxylic acids is 1. The van der Waals surface area contributed by atoms with Gasteiger partial charge in [-0.3, -0.25) is 14.5 Å². The van der Waals surface area contributed by atoms with Crippen LogP contribution in [0.3, 0.4) is 0 Å². The molecule has 2 fully saturated rings. The molecule has 3 aliphatic rings. The zero-order valence-electron chi connectivity index (χ0n) is 16.6. The van der Waals surface area contributed by atoms with E-state index in [1.165, 1.54) is 5.56 Å². The number of rotatable bonds is 5. The minimum atomic E-state index is -0.827. The van der Waals surface area contributed by atoms with Crippen molar-refractivity contribution < 1.29 is 14.7 Å². The number of piperidine rings is 1. The SMILES string of the molecule is CC1CNc2nc(CC3CCN(C(=O)C4CN(CC(=O)O)C4)CC3)ccc2C1. The summed E-state index contributed by atoms with van der Waals surface area (Å²) < 4.78 is 0. The number of likely N-dealkylation sites (tertiary alicyclic amines) is 2. The van der Waals surface area contributed by atoms with Crippen LogP contribution < -0.4 is 5.32 Å². The first kappa shape index (κ1) is 19.2. The van der Waals surface area contributed by atoms with E-state index >= 15 is 0 Å². The summed E-state index contributed by atoms with van der Waals surface area (Å²) in [5, 5.41) is 12.3. The first-order valence-electron chi connectivity index (χ1n) is 10.4. The van der Waals surface area contributed by atoms with E-state index in [9.17, 15) is 9.59 Å². The van der Waals surface area contributed by atoms with E-state index in [1.54, 1.807) is 0 Å². The molecule has 28 heavy (non-hydrogen) atoms. The highest BCUT2D eigenvalue weighted by Gasteiger charge is 2.37. The van der Waals surface area contributed by atoms with Gasteiger partial charge in [0, 0.05) is 38.4 Å². The molecule has 4 heterocycles. The first-order valence-corrected chi connectivity index (χ1v) is 10.4. The smallest absolute Gasteiger partial charge is 0.317 e. The Kier molecular flexibility index (Phi) is 5.53. The van der Waals surface area contributed by atoms with Gasteiger partial charge in [0.2, 0.25) is 5.91 Å². The molecule has 152 valence electrons. The van der Waals surface area contributed by atoms with Crippen LogP contribution in [-0.4, -0.2) is 71.0 Å². The third-order valence-electron chi connectivity index (χ3n) is 6.31. The van der Waals surface area contributed by atoms with E-state index in [-0.39, 0.29) is 18.4 Å². The van der Waals surface area contributed by atoms with E-state index in [4.69, 9.17) is 10.1 Å². The minimum absolute atomic E-state index is 0.0216. The van der Waals surface area contributed by atoms with E-state index in [2.05, 4.69) is 24.4 Å². The van der Waals surface area contributed by atoms with Gasteiger partial charge in [-0.25, -0.2) is 4.98 Å². The number of pyridine rings is 1. The maximum absolute atomic E-state index is 12.6. The Morgan fingerprint density at radius 3 is 2.71 bits per heavy atom. The fourth-order valence-corrected chi connectivity index (χ4v) is 4.64. The summed E-state index contributed by atoms with van der Waals surface area (Å²) in [4.78, 5) is 31.9. The maximum Gasteiger partial charge on any atom is 0.317 e. The quantitative estimate of drug-likeness (QED) is 0.797. The molecule has 0 spiro atoms. The van der Waals surface area contributed by atoms with Gasteiger partial charge in [0.05, 0.1) is 12.5 Å². The van der Waals surface area contributed by atoms with Gasteiger partial charge in [-0.1, -0.05) is 13.0 Å². The van der Waals surface area contributed by atoms with Crippen LogP contribution in [-0.2, 0) is 22.4 Å². The van der Waals surface area contributed by atoms with Gasteiger partial charge >= 0.3 is 5.97 Å². The average Bonchev–Trinajstić information content (AvgIpc) is 2.64. The van der Waals surface area contributed by atoms with E-state index in [0.29, 0.717) is 24.9 Å². The summed E-state index contributed by atoms with van der Waals surface area (Å²) in [7, 11) is 0. The van der Waals surface area contributed by atoms with E-state index in [1.807, 2.05) is 9.80 Å². The Morgan fingerprint density at radius 2 is 2.00 bits per heavy atom. The normalized spacial score (nSPS) is 23.6. The average molecular weight is 386 g/mol. The monoisotopic (exact) mass is 386 g/mol. The Labute approximate surface area is 166 Å². The van der Waals surface area contributed by atoms with Crippen molar-refractivity contribution in [3.63, 3.8) is 0 Å². The number of hydrogen-bond donors (Lipinski definition) is 2. The number of aromatic nitrogens is 1. The topological polar surface area (TPSA) is 85.8 Å². The number of anilines is 1. The van der Waals surface area contributed by atoms with Crippen molar-refractivity contribution in [3.05, 3.63) is 23.4 Å². The van der Waals surface area contributed by atoms with E-state index in [0.717, 1.165) is 56.8 Å². The molecule has 3 aliphatic heterocycles. The van der Waals surface area contributed by atoms with Crippen LogP contribution in [0.1, 0.15) is 31.0 Å². The minimum Gasteiger partial charge on any atom is -0.480 e. The lowest BCUT2D eigenvalue weighted by molar-refractivity contribution is -0.148. The number of aliphatic carboxylic acids is 1. The zero-order valence-corrected chi connectivity index (χ0v) is 16.6. The Morgan fingerprint density at radius 1 is 1.25 bits per heavy atom. The third kappa shape index (κ3) is 4.29. The molecule has 7 nitrogen and oxygen atoms in total. The summed E-state index contributed by atoms with van der Waals surface area (Å²) in [5.41, 5.74) is 2.47.